The highest BCUT2D eigenvalue weighted by Crippen LogP contribution is 2.38. The number of carbonyl (C=O) groups excluding carboxylic acids is 1. The summed E-state index contributed by atoms with van der Waals surface area (Å²) in [5.74, 6) is 0.694. The number of rotatable bonds is 5. The van der Waals surface area contributed by atoms with Gasteiger partial charge in [0.25, 0.3) is 17.2 Å². The molecular weight excluding hydrogens is 364 g/mol. The molecule has 3 aromatic heterocycles. The van der Waals surface area contributed by atoms with Crippen LogP contribution in [-0.4, -0.2) is 48.8 Å². The van der Waals surface area contributed by atoms with E-state index in [9.17, 15) is 14.7 Å². The SMILES string of the molecule is COc1ccc([C@@H](NC(=O)c2cnc3nc(C)[nH]n3c2=O)C2CC(O)C2)cn1. The molecule has 10 nitrogen and oxygen atoms in total. The molecule has 1 aliphatic rings. The number of aromatic nitrogens is 5. The third kappa shape index (κ3) is 3.22. The summed E-state index contributed by atoms with van der Waals surface area (Å²) in [5, 5.41) is 15.4. The van der Waals surface area contributed by atoms with Crippen molar-refractivity contribution in [2.45, 2.75) is 31.9 Å². The number of nitrogens with one attached hydrogen (secondary N) is 2. The number of aromatic amines is 1. The molecule has 0 unspecified atom stereocenters. The second kappa shape index (κ2) is 7.04. The maximum Gasteiger partial charge on any atom is 0.286 e. The van der Waals surface area contributed by atoms with Crippen LogP contribution in [0.15, 0.2) is 29.3 Å². The van der Waals surface area contributed by atoms with Crippen LogP contribution in [0.25, 0.3) is 5.78 Å². The lowest BCUT2D eigenvalue weighted by atomic mass is 9.75. The fourth-order valence-electron chi connectivity index (χ4n) is 3.41. The molecule has 3 heterocycles. The van der Waals surface area contributed by atoms with Crippen LogP contribution in [-0.2, 0) is 0 Å². The first-order chi connectivity index (χ1) is 13.5. The molecular formula is C18H20N6O4. The molecule has 10 heteroatoms. The Kier molecular flexibility index (Phi) is 4.55. The van der Waals surface area contributed by atoms with Crippen molar-refractivity contribution in [3.05, 3.63) is 51.8 Å². The minimum Gasteiger partial charge on any atom is -0.481 e. The number of ether oxygens (including phenoxy) is 1. The monoisotopic (exact) mass is 384 g/mol. The number of aliphatic hydroxyl groups excluding tert-OH is 1. The number of aryl methyl sites for hydroxylation is 1. The molecule has 0 saturated heterocycles. The lowest BCUT2D eigenvalue weighted by Gasteiger charge is -2.38. The Hall–Kier alpha value is -3.27. The van der Waals surface area contributed by atoms with Gasteiger partial charge in [0, 0.05) is 18.5 Å². The highest BCUT2D eigenvalue weighted by atomic mass is 16.5. The summed E-state index contributed by atoms with van der Waals surface area (Å²) in [6.45, 7) is 1.70. The summed E-state index contributed by atoms with van der Waals surface area (Å²) < 4.78 is 6.22. The van der Waals surface area contributed by atoms with E-state index in [4.69, 9.17) is 4.74 Å². The average Bonchev–Trinajstić information content (AvgIpc) is 3.05. The topological polar surface area (TPSA) is 134 Å². The zero-order valence-corrected chi connectivity index (χ0v) is 15.4. The normalized spacial score (nSPS) is 19.8. The second-order valence-corrected chi connectivity index (χ2v) is 6.89. The maximum atomic E-state index is 12.8. The summed E-state index contributed by atoms with van der Waals surface area (Å²) in [4.78, 5) is 37.8. The first-order valence-corrected chi connectivity index (χ1v) is 8.89. The number of hydrogen-bond donors (Lipinski definition) is 3. The van der Waals surface area contributed by atoms with Gasteiger partial charge in [-0.2, -0.15) is 9.50 Å². The van der Waals surface area contributed by atoms with Crippen molar-refractivity contribution in [1.29, 1.82) is 0 Å². The molecule has 0 aliphatic heterocycles. The highest BCUT2D eigenvalue weighted by molar-refractivity contribution is 5.94. The first kappa shape index (κ1) is 18.1. The molecule has 3 N–H and O–H groups in total. The van der Waals surface area contributed by atoms with Crippen LogP contribution >= 0.6 is 0 Å². The fraction of sp³-hybridized carbons (Fsp3) is 0.389. The third-order valence-electron chi connectivity index (χ3n) is 4.96. The van der Waals surface area contributed by atoms with E-state index >= 15 is 0 Å². The number of hydrogen-bond acceptors (Lipinski definition) is 7. The van der Waals surface area contributed by atoms with Crippen molar-refractivity contribution in [3.8, 4) is 5.88 Å². The predicted octanol–water partition coefficient (Wildman–Crippen LogP) is 0.372. The largest absolute Gasteiger partial charge is 0.481 e. The summed E-state index contributed by atoms with van der Waals surface area (Å²) >= 11 is 0. The van der Waals surface area contributed by atoms with Crippen LogP contribution in [0.1, 0.15) is 40.6 Å². The number of nitrogens with zero attached hydrogens (tertiary/aromatic N) is 4. The molecule has 1 atom stereocenters. The number of amides is 1. The number of aliphatic hydroxyl groups is 1. The van der Waals surface area contributed by atoms with Crippen molar-refractivity contribution < 1.29 is 14.6 Å². The predicted molar refractivity (Wildman–Crippen MR) is 98.1 cm³/mol. The van der Waals surface area contributed by atoms with Crippen LogP contribution in [0.3, 0.4) is 0 Å². The molecule has 146 valence electrons. The Morgan fingerprint density at radius 3 is 2.79 bits per heavy atom. The van der Waals surface area contributed by atoms with Crippen LogP contribution in [0.5, 0.6) is 5.88 Å². The number of H-pyrrole nitrogens is 1. The Morgan fingerprint density at radius 2 is 2.14 bits per heavy atom. The van der Waals surface area contributed by atoms with E-state index in [1.54, 1.807) is 19.2 Å². The van der Waals surface area contributed by atoms with Crippen LogP contribution in [0.4, 0.5) is 0 Å². The molecule has 4 rings (SSSR count). The molecule has 0 aromatic carbocycles. The minimum absolute atomic E-state index is 0.0444. The zero-order valence-electron chi connectivity index (χ0n) is 15.4. The molecule has 1 amide bonds. The molecule has 0 spiro atoms. The van der Waals surface area contributed by atoms with Crippen molar-refractivity contribution in [2.24, 2.45) is 5.92 Å². The number of methoxy groups -OCH3 is 1. The van der Waals surface area contributed by atoms with Crippen molar-refractivity contribution in [2.75, 3.05) is 7.11 Å². The Balaban J connectivity index is 1.63. The number of fused-ring (bicyclic) bond motifs is 1. The first-order valence-electron chi connectivity index (χ1n) is 8.89. The lowest BCUT2D eigenvalue weighted by Crippen LogP contribution is -2.42. The van der Waals surface area contributed by atoms with Gasteiger partial charge in [-0.05, 0) is 31.2 Å². The van der Waals surface area contributed by atoms with Crippen molar-refractivity contribution in [1.82, 2.24) is 29.9 Å². The fourth-order valence-corrected chi connectivity index (χ4v) is 3.41. The van der Waals surface area contributed by atoms with Gasteiger partial charge in [0.2, 0.25) is 5.88 Å². The summed E-state index contributed by atoms with van der Waals surface area (Å²) in [5.41, 5.74) is 0.161. The van der Waals surface area contributed by atoms with E-state index in [1.165, 1.54) is 13.3 Å². The summed E-state index contributed by atoms with van der Waals surface area (Å²) in [6.07, 6.45) is 3.60. The minimum atomic E-state index is -0.540. The molecule has 28 heavy (non-hydrogen) atoms. The van der Waals surface area contributed by atoms with Gasteiger partial charge in [0.1, 0.15) is 11.4 Å². The molecule has 1 aliphatic carbocycles. The Labute approximate surface area is 159 Å². The van der Waals surface area contributed by atoms with E-state index in [1.807, 2.05) is 6.07 Å². The molecule has 0 bridgehead atoms. The summed E-state index contributed by atoms with van der Waals surface area (Å²) in [6, 6.07) is 3.13. The molecule has 3 aromatic rings. The maximum absolute atomic E-state index is 12.8. The van der Waals surface area contributed by atoms with E-state index in [0.717, 1.165) is 10.1 Å². The highest BCUT2D eigenvalue weighted by Gasteiger charge is 2.36. The van der Waals surface area contributed by atoms with Crippen molar-refractivity contribution in [3.63, 3.8) is 0 Å². The van der Waals surface area contributed by atoms with Gasteiger partial charge >= 0.3 is 0 Å². The van der Waals surface area contributed by atoms with Gasteiger partial charge < -0.3 is 15.2 Å². The van der Waals surface area contributed by atoms with Gasteiger partial charge in [-0.3, -0.25) is 14.7 Å². The zero-order chi connectivity index (χ0) is 19.8. The molecule has 1 saturated carbocycles. The van der Waals surface area contributed by atoms with Crippen LogP contribution < -0.4 is 15.6 Å². The standard InChI is InChI=1S/C18H20N6O4/c1-9-21-18-20-8-13(17(27)24(18)23-9)16(26)22-15(11-5-12(25)6-11)10-3-4-14(28-2)19-7-10/h3-4,7-8,11-12,15,25H,5-6H2,1-2H3,(H,22,26)(H,20,21,23)/t11?,12?,15-/m1/s1. The van der Waals surface area contributed by atoms with Crippen LogP contribution in [0.2, 0.25) is 0 Å². The van der Waals surface area contributed by atoms with E-state index < -0.39 is 17.5 Å². The summed E-state index contributed by atoms with van der Waals surface area (Å²) in [7, 11) is 1.53. The Bertz CT molecular complexity index is 1070. The lowest BCUT2D eigenvalue weighted by molar-refractivity contribution is 0.0234. The van der Waals surface area contributed by atoms with Gasteiger partial charge in [-0.25, -0.2) is 9.97 Å². The number of pyridine rings is 1. The van der Waals surface area contributed by atoms with E-state index in [-0.39, 0.29) is 23.4 Å². The quantitative estimate of drug-likeness (QED) is 0.578. The van der Waals surface area contributed by atoms with Gasteiger partial charge in [-0.1, -0.05) is 6.07 Å². The van der Waals surface area contributed by atoms with Gasteiger partial charge in [-0.15, -0.1) is 0 Å². The van der Waals surface area contributed by atoms with Crippen molar-refractivity contribution >= 4 is 11.7 Å². The smallest absolute Gasteiger partial charge is 0.286 e. The molecule has 1 fully saturated rings. The molecule has 0 radical (unpaired) electrons. The third-order valence-corrected chi connectivity index (χ3v) is 4.96. The van der Waals surface area contributed by atoms with Gasteiger partial charge in [0.05, 0.1) is 19.3 Å². The second-order valence-electron chi connectivity index (χ2n) is 6.89. The number of carbonyl (C=O) groups is 1. The van der Waals surface area contributed by atoms with E-state index in [2.05, 4.69) is 25.4 Å². The van der Waals surface area contributed by atoms with Gasteiger partial charge in [0.15, 0.2) is 0 Å². The average molecular weight is 384 g/mol. The van der Waals surface area contributed by atoms with Crippen LogP contribution in [0, 0.1) is 12.8 Å². The van der Waals surface area contributed by atoms with E-state index in [0.29, 0.717) is 24.5 Å². The Morgan fingerprint density at radius 1 is 1.36 bits per heavy atom.